The molecule has 6 nitrogen and oxygen atoms in total. The number of methoxy groups -OCH3 is 1. The van der Waals surface area contributed by atoms with Crippen molar-refractivity contribution in [3.05, 3.63) is 59.4 Å². The Bertz CT molecular complexity index is 919. The molecule has 1 aliphatic carbocycles. The van der Waals surface area contributed by atoms with Crippen LogP contribution in [-0.4, -0.2) is 43.0 Å². The van der Waals surface area contributed by atoms with E-state index in [1.807, 2.05) is 0 Å². The second-order valence-electron chi connectivity index (χ2n) is 6.78. The molecule has 2 amide bonds. The summed E-state index contributed by atoms with van der Waals surface area (Å²) in [5.74, 6) is -1.64. The predicted molar refractivity (Wildman–Crippen MR) is 102 cm³/mol. The van der Waals surface area contributed by atoms with Crippen molar-refractivity contribution >= 4 is 11.8 Å². The number of benzene rings is 2. The second-order valence-corrected chi connectivity index (χ2v) is 6.78. The monoisotopic (exact) mass is 422 g/mol. The number of alkyl halides is 2. The molecule has 9 heteroatoms. The number of carbonyl (C=O) groups excluding carboxylic acids is 2. The Morgan fingerprint density at radius 2 is 1.90 bits per heavy atom. The molecule has 2 aromatic rings. The molecular weight excluding hydrogens is 401 g/mol. The average Bonchev–Trinajstić information content (AvgIpc) is 3.56. The highest BCUT2D eigenvalue weighted by molar-refractivity contribution is 5.96. The summed E-state index contributed by atoms with van der Waals surface area (Å²) < 4.78 is 48.2. The van der Waals surface area contributed by atoms with E-state index in [0.29, 0.717) is 5.56 Å². The molecule has 1 aliphatic rings. The fourth-order valence-corrected chi connectivity index (χ4v) is 3.01. The molecule has 3 rings (SSSR count). The number of nitrogens with one attached hydrogen (secondary N) is 1. The molecule has 0 saturated heterocycles. The number of hydrogen-bond acceptors (Lipinski definition) is 4. The van der Waals surface area contributed by atoms with Gasteiger partial charge in [0.05, 0.1) is 19.2 Å². The van der Waals surface area contributed by atoms with Crippen molar-refractivity contribution in [2.75, 3.05) is 13.7 Å². The Morgan fingerprint density at radius 3 is 2.53 bits per heavy atom. The van der Waals surface area contributed by atoms with Crippen LogP contribution >= 0.6 is 0 Å². The molecule has 2 aromatic carbocycles. The highest BCUT2D eigenvalue weighted by Gasteiger charge is 2.32. The van der Waals surface area contributed by atoms with Crippen LogP contribution in [-0.2, 0) is 11.3 Å². The summed E-state index contributed by atoms with van der Waals surface area (Å²) in [6.45, 7) is -3.05. The van der Waals surface area contributed by atoms with Crippen LogP contribution in [0.1, 0.15) is 28.8 Å². The lowest BCUT2D eigenvalue weighted by Gasteiger charge is -2.23. The summed E-state index contributed by atoms with van der Waals surface area (Å²) in [5.41, 5.74) is 0.525. The van der Waals surface area contributed by atoms with Crippen LogP contribution in [0.4, 0.5) is 13.2 Å². The Labute approximate surface area is 171 Å². The SMILES string of the molecule is COc1cc(CN(C(=O)CNC(=O)c2ccccc2F)C2CC2)ccc1OC(F)F. The van der Waals surface area contributed by atoms with E-state index in [-0.39, 0.29) is 42.1 Å². The topological polar surface area (TPSA) is 67.9 Å². The highest BCUT2D eigenvalue weighted by Crippen LogP contribution is 2.32. The minimum atomic E-state index is -2.98. The Morgan fingerprint density at radius 1 is 1.17 bits per heavy atom. The van der Waals surface area contributed by atoms with Crippen LogP contribution in [0, 0.1) is 5.82 Å². The van der Waals surface area contributed by atoms with Crippen LogP contribution in [0.5, 0.6) is 11.5 Å². The molecule has 0 heterocycles. The van der Waals surface area contributed by atoms with Crippen LogP contribution in [0.15, 0.2) is 42.5 Å². The Kier molecular flexibility index (Phi) is 6.81. The molecule has 0 radical (unpaired) electrons. The number of halogens is 3. The molecule has 160 valence electrons. The summed E-state index contributed by atoms with van der Waals surface area (Å²) in [6.07, 6.45) is 1.66. The summed E-state index contributed by atoms with van der Waals surface area (Å²) in [5, 5.41) is 2.44. The number of hydrogen-bond donors (Lipinski definition) is 1. The molecule has 0 aliphatic heterocycles. The zero-order valence-electron chi connectivity index (χ0n) is 16.2. The van der Waals surface area contributed by atoms with Gasteiger partial charge in [0.1, 0.15) is 5.82 Å². The molecule has 30 heavy (non-hydrogen) atoms. The molecule has 1 N–H and O–H groups in total. The molecule has 1 fully saturated rings. The van der Waals surface area contributed by atoms with Gasteiger partial charge in [0, 0.05) is 12.6 Å². The van der Waals surface area contributed by atoms with Gasteiger partial charge in [-0.25, -0.2) is 4.39 Å². The third-order valence-corrected chi connectivity index (χ3v) is 4.62. The van der Waals surface area contributed by atoms with Crippen molar-refractivity contribution in [1.29, 1.82) is 0 Å². The molecule has 1 saturated carbocycles. The van der Waals surface area contributed by atoms with Crippen LogP contribution in [0.25, 0.3) is 0 Å². The minimum absolute atomic E-state index is 0.0332. The van der Waals surface area contributed by atoms with Gasteiger partial charge in [0.15, 0.2) is 11.5 Å². The second kappa shape index (κ2) is 9.51. The van der Waals surface area contributed by atoms with Crippen molar-refractivity contribution in [3.63, 3.8) is 0 Å². The van der Waals surface area contributed by atoms with Crippen LogP contribution < -0.4 is 14.8 Å². The molecular formula is C21H21F3N2O4. The van der Waals surface area contributed by atoms with Crippen molar-refractivity contribution < 1.29 is 32.2 Å². The largest absolute Gasteiger partial charge is 0.493 e. The fraction of sp³-hybridized carbons (Fsp3) is 0.333. The first-order valence-corrected chi connectivity index (χ1v) is 9.33. The quantitative estimate of drug-likeness (QED) is 0.673. The van der Waals surface area contributed by atoms with Crippen molar-refractivity contribution in [2.24, 2.45) is 0 Å². The lowest BCUT2D eigenvalue weighted by molar-refractivity contribution is -0.131. The Balaban J connectivity index is 1.65. The first-order chi connectivity index (χ1) is 14.4. The minimum Gasteiger partial charge on any atom is -0.493 e. The maximum Gasteiger partial charge on any atom is 0.387 e. The summed E-state index contributed by atoms with van der Waals surface area (Å²) in [7, 11) is 1.33. The van der Waals surface area contributed by atoms with Gasteiger partial charge >= 0.3 is 6.61 Å². The van der Waals surface area contributed by atoms with E-state index in [1.54, 1.807) is 11.0 Å². The lowest BCUT2D eigenvalue weighted by Crippen LogP contribution is -2.41. The molecule has 0 aromatic heterocycles. The van der Waals surface area contributed by atoms with Gasteiger partial charge in [-0.05, 0) is 42.7 Å². The van der Waals surface area contributed by atoms with Crippen molar-refractivity contribution in [2.45, 2.75) is 32.0 Å². The number of amides is 2. The van der Waals surface area contributed by atoms with Crippen molar-refractivity contribution in [3.8, 4) is 11.5 Å². The number of ether oxygens (including phenoxy) is 2. The van der Waals surface area contributed by atoms with E-state index in [9.17, 15) is 22.8 Å². The maximum atomic E-state index is 13.7. The van der Waals surface area contributed by atoms with Gasteiger partial charge in [0.25, 0.3) is 5.91 Å². The lowest BCUT2D eigenvalue weighted by atomic mass is 10.1. The van der Waals surface area contributed by atoms with Gasteiger partial charge in [0.2, 0.25) is 5.91 Å². The zero-order valence-corrected chi connectivity index (χ0v) is 16.2. The fourth-order valence-electron chi connectivity index (χ4n) is 3.01. The molecule has 0 spiro atoms. The summed E-state index contributed by atoms with van der Waals surface area (Å²) >= 11 is 0. The van der Waals surface area contributed by atoms with E-state index in [0.717, 1.165) is 12.8 Å². The van der Waals surface area contributed by atoms with Crippen LogP contribution in [0.2, 0.25) is 0 Å². The molecule has 0 atom stereocenters. The van der Waals surface area contributed by atoms with E-state index in [1.165, 1.54) is 43.5 Å². The normalized spacial score (nSPS) is 13.1. The summed E-state index contributed by atoms with van der Waals surface area (Å²) in [6, 6.07) is 9.99. The molecule has 0 bridgehead atoms. The Hall–Kier alpha value is -3.23. The average molecular weight is 422 g/mol. The highest BCUT2D eigenvalue weighted by atomic mass is 19.3. The van der Waals surface area contributed by atoms with E-state index in [2.05, 4.69) is 10.1 Å². The van der Waals surface area contributed by atoms with Crippen molar-refractivity contribution in [1.82, 2.24) is 10.2 Å². The van der Waals surface area contributed by atoms with Gasteiger partial charge in [-0.2, -0.15) is 8.78 Å². The molecule has 0 unspecified atom stereocenters. The smallest absolute Gasteiger partial charge is 0.387 e. The third-order valence-electron chi connectivity index (χ3n) is 4.62. The summed E-state index contributed by atoms with van der Waals surface area (Å²) in [4.78, 5) is 26.4. The number of nitrogens with zero attached hydrogens (tertiary/aromatic N) is 1. The van der Waals surface area contributed by atoms with Crippen LogP contribution in [0.3, 0.4) is 0 Å². The maximum absolute atomic E-state index is 13.7. The van der Waals surface area contributed by atoms with Gasteiger partial charge < -0.3 is 19.7 Å². The number of rotatable bonds is 9. The first-order valence-electron chi connectivity index (χ1n) is 9.33. The zero-order chi connectivity index (χ0) is 21.7. The van der Waals surface area contributed by atoms with Gasteiger partial charge in [-0.1, -0.05) is 18.2 Å². The predicted octanol–water partition coefficient (Wildman–Crippen LogP) is 3.36. The van der Waals surface area contributed by atoms with Gasteiger partial charge in [-0.15, -0.1) is 0 Å². The van der Waals surface area contributed by atoms with Gasteiger partial charge in [-0.3, -0.25) is 9.59 Å². The third kappa shape index (κ3) is 5.43. The number of carbonyl (C=O) groups is 2. The standard InChI is InChI=1S/C21H21F3N2O4/c1-29-18-10-13(6-9-17(18)30-21(23)24)12-26(14-7-8-14)19(27)11-25-20(28)15-4-2-3-5-16(15)22/h2-6,9-10,14,21H,7-8,11-12H2,1H3,(H,25,28). The van der Waals surface area contributed by atoms with E-state index < -0.39 is 18.3 Å². The first kappa shape index (κ1) is 21.5. The van der Waals surface area contributed by atoms with E-state index >= 15 is 0 Å². The van der Waals surface area contributed by atoms with E-state index in [4.69, 9.17) is 4.74 Å².